The van der Waals surface area contributed by atoms with Crippen LogP contribution in [0.25, 0.3) is 0 Å². The number of nitrogens with zero attached hydrogens (tertiary/aromatic N) is 5. The average molecular weight is 531 g/mol. The van der Waals surface area contributed by atoms with E-state index in [2.05, 4.69) is 26.0 Å². The van der Waals surface area contributed by atoms with Crippen molar-refractivity contribution in [2.24, 2.45) is 0 Å². The topological polar surface area (TPSA) is 115 Å². The molecule has 3 heterocycles. The highest BCUT2D eigenvalue weighted by molar-refractivity contribution is 6.02. The van der Waals surface area contributed by atoms with Crippen LogP contribution in [0.2, 0.25) is 0 Å². The van der Waals surface area contributed by atoms with E-state index in [1.165, 1.54) is 20.4 Å². The van der Waals surface area contributed by atoms with Gasteiger partial charge in [-0.05, 0) is 31.0 Å². The van der Waals surface area contributed by atoms with Gasteiger partial charge in [0, 0.05) is 44.8 Å². The van der Waals surface area contributed by atoms with Crippen LogP contribution >= 0.6 is 0 Å². The first-order chi connectivity index (χ1) is 18.3. The van der Waals surface area contributed by atoms with Gasteiger partial charge >= 0.3 is 5.92 Å². The van der Waals surface area contributed by atoms with Gasteiger partial charge in [-0.15, -0.1) is 0 Å². The summed E-state index contributed by atoms with van der Waals surface area (Å²) in [5, 5.41) is 8.18. The first-order valence-corrected chi connectivity index (χ1v) is 12.8. The first-order valence-electron chi connectivity index (χ1n) is 12.8. The maximum Gasteiger partial charge on any atom is 0.342 e. The van der Waals surface area contributed by atoms with E-state index in [0.29, 0.717) is 30.1 Å². The van der Waals surface area contributed by atoms with Crippen LogP contribution < -0.4 is 30.6 Å². The van der Waals surface area contributed by atoms with E-state index in [9.17, 15) is 18.4 Å². The predicted molar refractivity (Wildman–Crippen MR) is 138 cm³/mol. The van der Waals surface area contributed by atoms with Gasteiger partial charge in [0.2, 0.25) is 5.95 Å². The molecule has 0 spiro atoms. The fraction of sp³-hybridized carbons (Fsp3) is 0.520. The standard InChI is InChI=1S/C25H32F2N8O3/c1-33-19-14-29-24(31-21(19)35(17-5-3-4-6-17)15-25(26,27)23(33)37)30-18-8-7-16(13-20(18)38-2)22(36)32-34-11-9-28-10-12-34/h7-8,13-14,17,28H,3-6,9-12,15H2,1-2H3,(H,32,36)(H,29,30,31). The molecule has 13 heteroatoms. The van der Waals surface area contributed by atoms with E-state index in [4.69, 9.17) is 4.74 Å². The van der Waals surface area contributed by atoms with Gasteiger partial charge in [0.25, 0.3) is 11.8 Å². The number of alkyl halides is 2. The number of halogens is 2. The van der Waals surface area contributed by atoms with Crippen LogP contribution in [0.3, 0.4) is 0 Å². The predicted octanol–water partition coefficient (Wildman–Crippen LogP) is 2.14. The molecule has 0 unspecified atom stereocenters. The van der Waals surface area contributed by atoms with Crippen molar-refractivity contribution in [3.63, 3.8) is 0 Å². The van der Waals surface area contributed by atoms with Crippen LogP contribution in [0, 0.1) is 0 Å². The maximum absolute atomic E-state index is 14.8. The second-order valence-electron chi connectivity index (χ2n) is 9.76. The molecule has 11 nitrogen and oxygen atoms in total. The third-order valence-electron chi connectivity index (χ3n) is 7.22. The molecule has 1 aromatic carbocycles. The van der Waals surface area contributed by atoms with Gasteiger partial charge in [0.1, 0.15) is 11.4 Å². The van der Waals surface area contributed by atoms with Crippen molar-refractivity contribution in [3.05, 3.63) is 30.0 Å². The number of amides is 2. The Bertz CT molecular complexity index is 1200. The molecule has 38 heavy (non-hydrogen) atoms. The minimum Gasteiger partial charge on any atom is -0.495 e. The second-order valence-corrected chi connectivity index (χ2v) is 9.76. The quantitative estimate of drug-likeness (QED) is 0.517. The SMILES string of the molecule is COc1cc(C(=O)NN2CCNCC2)ccc1Nc1ncc2c(n1)N(C1CCCC1)CC(F)(F)C(=O)N2C. The van der Waals surface area contributed by atoms with Crippen LogP contribution in [-0.4, -0.2) is 85.6 Å². The number of carbonyl (C=O) groups excluding carboxylic acids is 2. The zero-order valence-corrected chi connectivity index (χ0v) is 21.5. The van der Waals surface area contributed by atoms with Crippen LogP contribution in [0.1, 0.15) is 36.0 Å². The third kappa shape index (κ3) is 5.20. The fourth-order valence-corrected chi connectivity index (χ4v) is 5.14. The number of fused-ring (bicyclic) bond motifs is 1. The Kier molecular flexibility index (Phi) is 7.30. The number of benzene rings is 1. The maximum atomic E-state index is 14.8. The molecule has 5 rings (SSSR count). The highest BCUT2D eigenvalue weighted by Gasteiger charge is 2.48. The van der Waals surface area contributed by atoms with E-state index in [0.717, 1.165) is 43.7 Å². The van der Waals surface area contributed by atoms with Crippen LogP contribution in [0.4, 0.5) is 31.9 Å². The first kappa shape index (κ1) is 26.0. The lowest BCUT2D eigenvalue weighted by Gasteiger charge is -2.31. The fourth-order valence-electron chi connectivity index (χ4n) is 5.14. The molecule has 3 N–H and O–H groups in total. The molecular formula is C25H32F2N8O3. The Hall–Kier alpha value is -3.58. The summed E-state index contributed by atoms with van der Waals surface area (Å²) in [6, 6.07) is 4.81. The number of carbonyl (C=O) groups is 2. The molecule has 2 fully saturated rings. The highest BCUT2D eigenvalue weighted by Crippen LogP contribution is 2.40. The van der Waals surface area contributed by atoms with Crippen molar-refractivity contribution in [2.45, 2.75) is 37.6 Å². The van der Waals surface area contributed by atoms with E-state index in [1.807, 2.05) is 5.01 Å². The summed E-state index contributed by atoms with van der Waals surface area (Å²) < 4.78 is 35.2. The molecule has 2 aliphatic heterocycles. The van der Waals surface area contributed by atoms with Crippen LogP contribution in [-0.2, 0) is 4.79 Å². The number of hydrazine groups is 1. The summed E-state index contributed by atoms with van der Waals surface area (Å²) in [6.07, 6.45) is 4.77. The molecule has 0 atom stereocenters. The number of rotatable bonds is 6. The number of aromatic nitrogens is 2. The normalized spacial score (nSPS) is 20.2. The van der Waals surface area contributed by atoms with E-state index in [-0.39, 0.29) is 29.4 Å². The lowest BCUT2D eigenvalue weighted by atomic mass is 10.1. The van der Waals surface area contributed by atoms with Gasteiger partial charge in [0.15, 0.2) is 5.82 Å². The van der Waals surface area contributed by atoms with Crippen molar-refractivity contribution in [3.8, 4) is 5.75 Å². The van der Waals surface area contributed by atoms with Crippen molar-refractivity contribution >= 4 is 35.0 Å². The Balaban J connectivity index is 1.41. The molecule has 1 saturated carbocycles. The molecule has 1 aliphatic carbocycles. The van der Waals surface area contributed by atoms with E-state index < -0.39 is 18.4 Å². The van der Waals surface area contributed by atoms with Gasteiger partial charge in [-0.3, -0.25) is 15.0 Å². The molecule has 2 amide bonds. The Morgan fingerprint density at radius 3 is 2.66 bits per heavy atom. The van der Waals surface area contributed by atoms with Crippen molar-refractivity contribution < 1.29 is 23.1 Å². The smallest absolute Gasteiger partial charge is 0.342 e. The van der Waals surface area contributed by atoms with Crippen LogP contribution in [0.5, 0.6) is 5.75 Å². The molecular weight excluding hydrogens is 498 g/mol. The third-order valence-corrected chi connectivity index (χ3v) is 7.22. The number of hydrogen-bond donors (Lipinski definition) is 3. The number of anilines is 4. The number of piperazine rings is 1. The summed E-state index contributed by atoms with van der Waals surface area (Å²) in [5.74, 6) is -4.24. The average Bonchev–Trinajstić information content (AvgIpc) is 3.44. The highest BCUT2D eigenvalue weighted by atomic mass is 19.3. The molecule has 0 radical (unpaired) electrons. The van der Waals surface area contributed by atoms with E-state index >= 15 is 0 Å². The number of hydrogen-bond acceptors (Lipinski definition) is 9. The van der Waals surface area contributed by atoms with E-state index in [1.54, 1.807) is 23.1 Å². The number of methoxy groups -OCH3 is 1. The summed E-state index contributed by atoms with van der Waals surface area (Å²) in [4.78, 5) is 36.6. The van der Waals surface area contributed by atoms with Crippen molar-refractivity contribution in [1.29, 1.82) is 0 Å². The number of nitrogens with one attached hydrogen (secondary N) is 3. The summed E-state index contributed by atoms with van der Waals surface area (Å²) in [7, 11) is 2.80. The van der Waals surface area contributed by atoms with Crippen LogP contribution in [0.15, 0.2) is 24.4 Å². The minimum atomic E-state index is -3.55. The zero-order chi connectivity index (χ0) is 26.9. The minimum absolute atomic E-state index is 0.135. The molecule has 1 aromatic heterocycles. The molecule has 2 aromatic rings. The van der Waals surface area contributed by atoms with Crippen molar-refractivity contribution in [2.75, 3.05) is 62.0 Å². The van der Waals surface area contributed by atoms with Gasteiger partial charge in [-0.2, -0.15) is 13.8 Å². The summed E-state index contributed by atoms with van der Waals surface area (Å²) in [6.45, 7) is 2.29. The summed E-state index contributed by atoms with van der Waals surface area (Å²) in [5.41, 5.74) is 4.05. The van der Waals surface area contributed by atoms with Gasteiger partial charge in [-0.1, -0.05) is 12.8 Å². The lowest BCUT2D eigenvalue weighted by Crippen LogP contribution is -2.52. The molecule has 1 saturated heterocycles. The molecule has 3 aliphatic rings. The second kappa shape index (κ2) is 10.7. The monoisotopic (exact) mass is 530 g/mol. The molecule has 0 bridgehead atoms. The van der Waals surface area contributed by atoms with Gasteiger partial charge in [0.05, 0.1) is 25.5 Å². The van der Waals surface area contributed by atoms with Gasteiger partial charge in [-0.25, -0.2) is 9.99 Å². The molecule has 204 valence electrons. The Morgan fingerprint density at radius 1 is 1.21 bits per heavy atom. The largest absolute Gasteiger partial charge is 0.495 e. The Labute approximate surface area is 219 Å². The lowest BCUT2D eigenvalue weighted by molar-refractivity contribution is -0.140. The number of ether oxygens (including phenoxy) is 1. The zero-order valence-electron chi connectivity index (χ0n) is 21.5. The van der Waals surface area contributed by atoms with Gasteiger partial charge < -0.3 is 25.2 Å². The van der Waals surface area contributed by atoms with Crippen molar-refractivity contribution in [1.82, 2.24) is 25.7 Å². The Morgan fingerprint density at radius 2 is 1.95 bits per heavy atom. The summed E-state index contributed by atoms with van der Waals surface area (Å²) >= 11 is 0.